The Hall–Kier alpha value is -0.636. The summed E-state index contributed by atoms with van der Waals surface area (Å²) in [6.45, 7) is 48.9. The summed E-state index contributed by atoms with van der Waals surface area (Å²) in [6, 6.07) is 8.78. The Balaban J connectivity index is 0.000000342. The van der Waals surface area contributed by atoms with Gasteiger partial charge in [-0.25, -0.2) is 8.42 Å². The third-order valence-corrected chi connectivity index (χ3v) is 32.9. The predicted octanol–water partition coefficient (Wildman–Crippen LogP) is 17.1. The predicted molar refractivity (Wildman–Crippen MR) is 330 cm³/mol. The molecule has 0 saturated heterocycles. The van der Waals surface area contributed by atoms with E-state index >= 15 is 0 Å². The first-order valence-corrected chi connectivity index (χ1v) is 38.6. The van der Waals surface area contributed by atoms with Crippen molar-refractivity contribution in [3.05, 3.63) is 30.3 Å². The van der Waals surface area contributed by atoms with Gasteiger partial charge in [0.05, 0.1) is 33.6 Å². The molecule has 4 saturated carbocycles. The van der Waals surface area contributed by atoms with Gasteiger partial charge in [0.25, 0.3) is 0 Å². The Morgan fingerprint density at radius 1 is 0.571 bits per heavy atom. The largest absolute Gasteiger partial charge is 0.414 e. The van der Waals surface area contributed by atoms with Gasteiger partial charge in [-0.2, -0.15) is 0 Å². The average molecular weight is 1130 g/mol. The minimum absolute atomic E-state index is 0.0260. The molecular weight excluding hydrogens is 1010 g/mol. The Kier molecular flexibility index (Phi) is 23.0. The highest BCUT2D eigenvalue weighted by Gasteiger charge is 2.58. The maximum atomic E-state index is 14.6. The number of aliphatic hydroxyl groups is 4. The van der Waals surface area contributed by atoms with Crippen molar-refractivity contribution in [1.29, 1.82) is 0 Å². The van der Waals surface area contributed by atoms with Crippen molar-refractivity contribution in [1.82, 2.24) is 0 Å². The minimum Gasteiger partial charge on any atom is -0.414 e. The van der Waals surface area contributed by atoms with Crippen LogP contribution in [0.1, 0.15) is 247 Å². The van der Waals surface area contributed by atoms with E-state index in [4.69, 9.17) is 8.85 Å². The van der Waals surface area contributed by atoms with Crippen LogP contribution in [0.2, 0.25) is 36.3 Å². The highest BCUT2D eigenvalue weighted by atomic mass is 32.2. The fourth-order valence-corrected chi connectivity index (χ4v) is 19.6. The second-order valence-electron chi connectivity index (χ2n) is 33.1. The van der Waals surface area contributed by atoms with Gasteiger partial charge in [0.15, 0.2) is 26.5 Å². The van der Waals surface area contributed by atoms with Crippen LogP contribution in [-0.2, 0) is 18.7 Å². The fraction of sp³-hybridized carbons (Fsp3) is 0.909. The molecule has 4 aliphatic rings. The molecule has 0 spiro atoms. The Bertz CT molecular complexity index is 2070. The van der Waals surface area contributed by atoms with E-state index in [1.165, 1.54) is 51.4 Å². The Morgan fingerprint density at radius 3 is 1.40 bits per heavy atom. The lowest BCUT2D eigenvalue weighted by atomic mass is 9.60. The smallest absolute Gasteiger partial charge is 0.192 e. The molecular formula is C66H124O8SSi2. The van der Waals surface area contributed by atoms with Crippen molar-refractivity contribution >= 4 is 26.5 Å². The number of hydrogen-bond donors (Lipinski definition) is 4. The molecule has 8 nitrogen and oxygen atoms in total. The van der Waals surface area contributed by atoms with E-state index in [-0.39, 0.29) is 45.3 Å². The third kappa shape index (κ3) is 17.9. The van der Waals surface area contributed by atoms with Gasteiger partial charge in [-0.05, 0) is 223 Å². The van der Waals surface area contributed by atoms with E-state index in [2.05, 4.69) is 123 Å². The van der Waals surface area contributed by atoms with Gasteiger partial charge in [-0.3, -0.25) is 0 Å². The van der Waals surface area contributed by atoms with Crippen LogP contribution >= 0.6 is 0 Å². The molecule has 7 unspecified atom stereocenters. The molecule has 4 fully saturated rings. The first-order chi connectivity index (χ1) is 34.8. The van der Waals surface area contributed by atoms with E-state index in [9.17, 15) is 28.8 Å². The molecule has 5 rings (SSSR count). The van der Waals surface area contributed by atoms with Crippen LogP contribution in [0.3, 0.4) is 0 Å². The Labute approximate surface area is 477 Å². The van der Waals surface area contributed by atoms with Gasteiger partial charge < -0.3 is 29.3 Å². The molecule has 13 atom stereocenters. The van der Waals surface area contributed by atoms with E-state index in [1.807, 2.05) is 6.07 Å². The number of hydrogen-bond acceptors (Lipinski definition) is 8. The molecule has 1 aromatic rings. The summed E-state index contributed by atoms with van der Waals surface area (Å²) in [5.41, 5.74) is -1.58. The van der Waals surface area contributed by atoms with E-state index < -0.39 is 55.1 Å². The summed E-state index contributed by atoms with van der Waals surface area (Å²) in [7, 11) is -7.54. The normalized spacial score (nSPS) is 29.2. The van der Waals surface area contributed by atoms with Crippen molar-refractivity contribution in [2.24, 2.45) is 57.2 Å². The van der Waals surface area contributed by atoms with Crippen molar-refractivity contribution < 1.29 is 37.7 Å². The zero-order valence-electron chi connectivity index (χ0n) is 54.0. The van der Waals surface area contributed by atoms with Gasteiger partial charge >= 0.3 is 0 Å². The summed E-state index contributed by atoms with van der Waals surface area (Å²) in [5.74, 6) is 2.50. The van der Waals surface area contributed by atoms with Crippen molar-refractivity contribution in [2.45, 2.75) is 329 Å². The van der Waals surface area contributed by atoms with Crippen LogP contribution < -0.4 is 0 Å². The van der Waals surface area contributed by atoms with Gasteiger partial charge in [0.1, 0.15) is 0 Å². The van der Waals surface area contributed by atoms with Crippen LogP contribution in [0.5, 0.6) is 0 Å². The maximum Gasteiger partial charge on any atom is 0.192 e. The van der Waals surface area contributed by atoms with Crippen LogP contribution in [0.15, 0.2) is 35.2 Å². The molecule has 77 heavy (non-hydrogen) atoms. The monoisotopic (exact) mass is 1130 g/mol. The molecule has 0 aliphatic heterocycles. The second-order valence-corrected chi connectivity index (χ2v) is 44.8. The van der Waals surface area contributed by atoms with Gasteiger partial charge in [-0.15, -0.1) is 0 Å². The van der Waals surface area contributed by atoms with Gasteiger partial charge in [0, 0.05) is 12.2 Å². The highest BCUT2D eigenvalue weighted by molar-refractivity contribution is 7.92. The number of fused-ring (bicyclic) bond motifs is 2. The molecule has 0 amide bonds. The molecule has 11 heteroatoms. The fourth-order valence-electron chi connectivity index (χ4n) is 14.7. The summed E-state index contributed by atoms with van der Waals surface area (Å²) < 4.78 is 43.4. The number of benzene rings is 1. The lowest BCUT2D eigenvalue weighted by Gasteiger charge is -2.51. The standard InChI is InChI=1S/C36H64O5SSi.C30H60O3Si/c1-33(2,3)23-15-19-27(31(25-32(37)35(7,8)38)42(39,40)26-17-13-12-14-18-26)28-21-22-29-30(20-16-24-36(28,29)9)41-43(10,11)34(4,5)6;1-27(2,3)20-12-14-22(16-19-26(31)29(7,8)32)23-17-18-24-25(15-13-21-30(23,24)9)33-34(10,11)28(4,5)6/h12-14,17-18,27-32,37-38H,15-16,19-25H2,1-11H3;22-26,31-32H,12-21H2,1-11H3/t27-,28?,29?,30+,31?,32?,36-;22-,23?,24?,25-,26?,30+/m10/s1. The van der Waals surface area contributed by atoms with Gasteiger partial charge in [-0.1, -0.05) is 147 Å². The minimum atomic E-state index is -3.78. The number of sulfone groups is 1. The lowest BCUT2D eigenvalue weighted by Crippen LogP contribution is -2.51. The van der Waals surface area contributed by atoms with Crippen molar-refractivity contribution in [3.8, 4) is 0 Å². The zero-order valence-corrected chi connectivity index (χ0v) is 56.8. The summed E-state index contributed by atoms with van der Waals surface area (Å²) in [4.78, 5) is 0.311. The molecule has 4 N–H and O–H groups in total. The van der Waals surface area contributed by atoms with Crippen LogP contribution in [0, 0.1) is 57.2 Å². The maximum absolute atomic E-state index is 14.6. The molecule has 450 valence electrons. The quantitative estimate of drug-likeness (QED) is 0.0844. The molecule has 0 radical (unpaired) electrons. The Morgan fingerprint density at radius 2 is 0.987 bits per heavy atom. The van der Waals surface area contributed by atoms with Crippen LogP contribution in [-0.4, -0.2) is 86.3 Å². The van der Waals surface area contributed by atoms with E-state index in [0.29, 0.717) is 51.9 Å². The molecule has 0 heterocycles. The topological polar surface area (TPSA) is 134 Å². The third-order valence-electron chi connectivity index (χ3n) is 21.7. The van der Waals surface area contributed by atoms with Crippen LogP contribution in [0.25, 0.3) is 0 Å². The van der Waals surface area contributed by atoms with E-state index in [0.717, 1.165) is 57.8 Å². The summed E-state index contributed by atoms with van der Waals surface area (Å²) >= 11 is 0. The zero-order chi connectivity index (χ0) is 58.8. The average Bonchev–Trinajstić information content (AvgIpc) is 3.81. The van der Waals surface area contributed by atoms with Gasteiger partial charge in [0.2, 0.25) is 0 Å². The number of aliphatic hydroxyl groups excluding tert-OH is 2. The molecule has 4 aliphatic carbocycles. The first-order valence-electron chi connectivity index (χ1n) is 31.2. The molecule has 0 aromatic heterocycles. The van der Waals surface area contributed by atoms with Crippen molar-refractivity contribution in [2.75, 3.05) is 0 Å². The second kappa shape index (κ2) is 25.7. The highest BCUT2D eigenvalue weighted by Crippen LogP contribution is 2.62. The summed E-state index contributed by atoms with van der Waals surface area (Å²) in [5, 5.41) is 42.6. The lowest BCUT2D eigenvalue weighted by molar-refractivity contribution is -0.0591. The SMILES string of the molecule is CC(C)(C)CCC[C@@H](CCC(O)C(C)(C)O)C1CCC2[C@@H](O[Si](C)(C)C(C)(C)C)CCC[C@]12C.CC(C)(C)CCC[C@H](C1CCC2[C@@H](O[Si](C)(C)C(C)(C)C)CCC[C@]12C)C(CC(O)C(C)(C)O)S(=O)(=O)c1ccccc1. The molecule has 0 bridgehead atoms. The van der Waals surface area contributed by atoms with E-state index in [1.54, 1.807) is 52.0 Å². The van der Waals surface area contributed by atoms with Crippen molar-refractivity contribution in [3.63, 3.8) is 0 Å². The van der Waals surface area contributed by atoms with Crippen LogP contribution in [0.4, 0.5) is 0 Å². The summed E-state index contributed by atoms with van der Waals surface area (Å²) in [6.07, 6.45) is 18.8. The first kappa shape index (κ1) is 68.9. The molecule has 1 aromatic carbocycles. The number of rotatable bonds is 22.